The summed E-state index contributed by atoms with van der Waals surface area (Å²) in [4.78, 5) is -1.06. The number of hydrogen-bond acceptors (Lipinski definition) is 2. The molecule has 0 radical (unpaired) electrons. The van der Waals surface area contributed by atoms with E-state index in [1.54, 1.807) is 24.4 Å². The second-order valence-electron chi connectivity index (χ2n) is 1.80. The highest BCUT2D eigenvalue weighted by molar-refractivity contribution is 9.07. The summed E-state index contributed by atoms with van der Waals surface area (Å²) in [6.45, 7) is 0. The van der Waals surface area contributed by atoms with Gasteiger partial charge in [0.15, 0.2) is 0 Å². The molecule has 1 aliphatic rings. The first-order valence-electron chi connectivity index (χ1n) is 2.60. The monoisotopic (exact) mass is 218 g/mol. The Morgan fingerprint density at radius 3 is 2.70 bits per heavy atom. The van der Waals surface area contributed by atoms with E-state index >= 15 is 0 Å². The van der Waals surface area contributed by atoms with Gasteiger partial charge in [-0.25, -0.2) is 0 Å². The van der Waals surface area contributed by atoms with Gasteiger partial charge in [0.1, 0.15) is 6.07 Å². The third-order valence-electron chi connectivity index (χ3n) is 1.11. The van der Waals surface area contributed by atoms with Gasteiger partial charge in [0, 0.05) is 6.20 Å². The largest absolute Gasteiger partial charge is 0.280 e. The Hall–Kier alpha value is -0.460. The van der Waals surface area contributed by atoms with E-state index in [1.165, 1.54) is 3.93 Å². The molecule has 0 N–H and O–H groups in total. The van der Waals surface area contributed by atoms with Gasteiger partial charge in [0.05, 0.1) is 16.1 Å². The van der Waals surface area contributed by atoms with E-state index in [0.717, 1.165) is 0 Å². The Morgan fingerprint density at radius 2 is 2.30 bits per heavy atom. The molecule has 0 aromatic rings. The normalized spacial score (nSPS) is 30.3. The molecule has 0 fully saturated rings. The Labute approximate surface area is 72.7 Å². The van der Waals surface area contributed by atoms with E-state index in [2.05, 4.69) is 16.1 Å². The zero-order valence-corrected chi connectivity index (χ0v) is 7.30. The van der Waals surface area contributed by atoms with Crippen molar-refractivity contribution in [1.29, 1.82) is 5.26 Å². The molecule has 2 nitrogen and oxygen atoms in total. The molecule has 1 atom stereocenters. The SMILES string of the molecule is N#CC1(Cl)C=CC=CN1Br. The van der Waals surface area contributed by atoms with Crippen LogP contribution in [0.3, 0.4) is 0 Å². The van der Waals surface area contributed by atoms with Crippen LogP contribution in [0.15, 0.2) is 24.4 Å². The molecule has 4 heteroatoms. The third kappa shape index (κ3) is 1.18. The Bertz CT molecular complexity index is 230. The van der Waals surface area contributed by atoms with Crippen molar-refractivity contribution in [1.82, 2.24) is 3.93 Å². The van der Waals surface area contributed by atoms with E-state index in [1.807, 2.05) is 6.07 Å². The van der Waals surface area contributed by atoms with Crippen molar-refractivity contribution in [2.24, 2.45) is 0 Å². The van der Waals surface area contributed by atoms with E-state index in [0.29, 0.717) is 0 Å². The topological polar surface area (TPSA) is 27.0 Å². The molecule has 0 amide bonds. The van der Waals surface area contributed by atoms with E-state index in [4.69, 9.17) is 16.9 Å². The first-order chi connectivity index (χ1) is 4.69. The van der Waals surface area contributed by atoms with E-state index in [9.17, 15) is 0 Å². The first-order valence-corrected chi connectivity index (χ1v) is 3.69. The third-order valence-corrected chi connectivity index (χ3v) is 2.51. The van der Waals surface area contributed by atoms with Gasteiger partial charge >= 0.3 is 0 Å². The summed E-state index contributed by atoms with van der Waals surface area (Å²) in [6.07, 6.45) is 6.79. The zero-order chi connectivity index (χ0) is 7.61. The predicted octanol–water partition coefficient (Wildman–Crippen LogP) is 2.14. The van der Waals surface area contributed by atoms with Crippen LogP contribution >= 0.6 is 27.7 Å². The van der Waals surface area contributed by atoms with Crippen LogP contribution in [-0.2, 0) is 0 Å². The van der Waals surface area contributed by atoms with Crippen LogP contribution in [0.1, 0.15) is 0 Å². The molecule has 0 aromatic carbocycles. The summed E-state index contributed by atoms with van der Waals surface area (Å²) in [5, 5.41) is 8.58. The van der Waals surface area contributed by atoms with Crippen molar-refractivity contribution in [2.75, 3.05) is 0 Å². The summed E-state index contributed by atoms with van der Waals surface area (Å²) in [6, 6.07) is 1.94. The maximum Gasteiger partial charge on any atom is 0.230 e. The highest BCUT2D eigenvalue weighted by atomic mass is 79.9. The number of allylic oxidation sites excluding steroid dienone is 2. The van der Waals surface area contributed by atoms with Crippen molar-refractivity contribution in [3.8, 4) is 6.07 Å². The lowest BCUT2D eigenvalue weighted by atomic mass is 10.2. The van der Waals surface area contributed by atoms with Crippen LogP contribution < -0.4 is 0 Å². The minimum atomic E-state index is -1.06. The molecule has 0 saturated carbocycles. The van der Waals surface area contributed by atoms with Crippen LogP contribution in [0, 0.1) is 11.3 Å². The lowest BCUT2D eigenvalue weighted by Crippen LogP contribution is -2.31. The standard InChI is InChI=1S/C6H4BrClN2/c7-10-4-2-1-3-6(10,8)5-9/h1-4H. The molecule has 0 saturated heterocycles. The van der Waals surface area contributed by atoms with Crippen molar-refractivity contribution < 1.29 is 0 Å². The molecule has 1 heterocycles. The molecular weight excluding hydrogens is 215 g/mol. The summed E-state index contributed by atoms with van der Waals surface area (Å²) in [5.74, 6) is 0. The van der Waals surface area contributed by atoms with Crippen molar-refractivity contribution in [3.63, 3.8) is 0 Å². The fourth-order valence-corrected chi connectivity index (χ4v) is 1.04. The van der Waals surface area contributed by atoms with Gasteiger partial charge in [0.2, 0.25) is 5.00 Å². The van der Waals surface area contributed by atoms with Gasteiger partial charge in [-0.1, -0.05) is 17.7 Å². The lowest BCUT2D eigenvalue weighted by molar-refractivity contribution is 0.566. The van der Waals surface area contributed by atoms with Crippen LogP contribution in [0.25, 0.3) is 0 Å². The van der Waals surface area contributed by atoms with Gasteiger partial charge in [-0.3, -0.25) is 3.93 Å². The first kappa shape index (κ1) is 7.64. The van der Waals surface area contributed by atoms with Gasteiger partial charge in [-0.15, -0.1) is 0 Å². The van der Waals surface area contributed by atoms with Crippen molar-refractivity contribution in [2.45, 2.75) is 5.00 Å². The zero-order valence-electron chi connectivity index (χ0n) is 4.96. The van der Waals surface area contributed by atoms with Crippen molar-refractivity contribution >= 4 is 27.7 Å². The molecule has 0 aliphatic carbocycles. The molecule has 0 bridgehead atoms. The molecular formula is C6H4BrClN2. The van der Waals surface area contributed by atoms with Crippen LogP contribution in [-0.4, -0.2) is 8.92 Å². The highest BCUT2D eigenvalue weighted by Gasteiger charge is 2.29. The minimum Gasteiger partial charge on any atom is -0.280 e. The Balaban J connectivity index is 2.91. The van der Waals surface area contributed by atoms with Crippen LogP contribution in [0.5, 0.6) is 0 Å². The van der Waals surface area contributed by atoms with Crippen molar-refractivity contribution in [3.05, 3.63) is 24.4 Å². The number of nitrogens with zero attached hydrogens (tertiary/aromatic N) is 2. The maximum atomic E-state index is 8.58. The number of halogens is 2. The van der Waals surface area contributed by atoms with Gasteiger partial charge in [-0.2, -0.15) is 5.26 Å². The highest BCUT2D eigenvalue weighted by Crippen LogP contribution is 2.28. The Morgan fingerprint density at radius 1 is 1.60 bits per heavy atom. The number of rotatable bonds is 0. The fraction of sp³-hybridized carbons (Fsp3) is 0.167. The van der Waals surface area contributed by atoms with E-state index < -0.39 is 5.00 Å². The van der Waals surface area contributed by atoms with Gasteiger partial charge < -0.3 is 0 Å². The molecule has 0 aromatic heterocycles. The molecule has 52 valence electrons. The number of alkyl halides is 1. The summed E-state index contributed by atoms with van der Waals surface area (Å²) >= 11 is 8.90. The summed E-state index contributed by atoms with van der Waals surface area (Å²) < 4.78 is 1.46. The second-order valence-corrected chi connectivity index (χ2v) is 3.14. The maximum absolute atomic E-state index is 8.58. The predicted molar refractivity (Wildman–Crippen MR) is 43.2 cm³/mol. The summed E-state index contributed by atoms with van der Waals surface area (Å²) in [7, 11) is 0. The minimum absolute atomic E-state index is 1.06. The summed E-state index contributed by atoms with van der Waals surface area (Å²) in [5.41, 5.74) is 0. The molecule has 1 unspecified atom stereocenters. The quantitative estimate of drug-likeness (QED) is 0.355. The second kappa shape index (κ2) is 2.65. The molecule has 10 heavy (non-hydrogen) atoms. The van der Waals surface area contributed by atoms with Gasteiger partial charge in [-0.05, 0) is 12.2 Å². The lowest BCUT2D eigenvalue weighted by Gasteiger charge is -2.25. The molecule has 1 aliphatic heterocycles. The smallest absolute Gasteiger partial charge is 0.230 e. The molecule has 0 spiro atoms. The van der Waals surface area contributed by atoms with E-state index in [-0.39, 0.29) is 0 Å². The van der Waals surface area contributed by atoms with Crippen LogP contribution in [0.4, 0.5) is 0 Å². The average Bonchev–Trinajstić information content (AvgIpc) is 1.96. The van der Waals surface area contributed by atoms with Crippen LogP contribution in [0.2, 0.25) is 0 Å². The average molecular weight is 219 g/mol. The fourth-order valence-electron chi connectivity index (χ4n) is 0.573. The van der Waals surface area contributed by atoms with Gasteiger partial charge in [0.25, 0.3) is 0 Å². The number of hydrogen-bond donors (Lipinski definition) is 0. The Kier molecular flexibility index (Phi) is 2.02. The molecule has 1 rings (SSSR count). The number of nitriles is 1.